The van der Waals surface area contributed by atoms with Crippen LogP contribution in [0.4, 0.5) is 5.69 Å². The topological polar surface area (TPSA) is 122 Å². The molecule has 0 atom stereocenters. The van der Waals surface area contributed by atoms with E-state index in [0.717, 1.165) is 27.9 Å². The maximum Gasteiger partial charge on any atom is 0.213 e. The summed E-state index contributed by atoms with van der Waals surface area (Å²) in [6.45, 7) is 0.793. The highest BCUT2D eigenvalue weighted by atomic mass is 32.2. The molecule has 0 heterocycles. The van der Waals surface area contributed by atoms with Gasteiger partial charge in [0.05, 0.1) is 17.4 Å². The molecule has 0 aliphatic carbocycles. The molecular formula is C26H28N5O2S+. The predicted molar refractivity (Wildman–Crippen MR) is 137 cm³/mol. The molecule has 0 radical (unpaired) electrons. The average Bonchev–Trinajstić information content (AvgIpc) is 2.87. The van der Waals surface area contributed by atoms with Crippen molar-refractivity contribution in [1.82, 2.24) is 4.72 Å². The van der Waals surface area contributed by atoms with Gasteiger partial charge in [0.2, 0.25) is 10.0 Å². The Morgan fingerprint density at radius 2 is 1.85 bits per heavy atom. The zero-order chi connectivity index (χ0) is 24.4. The second-order valence-corrected chi connectivity index (χ2v) is 9.60. The molecule has 0 saturated heterocycles. The van der Waals surface area contributed by atoms with Crippen LogP contribution >= 0.6 is 0 Å². The van der Waals surface area contributed by atoms with E-state index in [2.05, 4.69) is 21.1 Å². The molecule has 0 aliphatic heterocycles. The minimum atomic E-state index is -3.32. The molecule has 0 fully saturated rings. The Hall–Kier alpha value is -3.93. The Morgan fingerprint density at radius 1 is 1.06 bits per heavy atom. The number of rotatable bonds is 10. The first kappa shape index (κ1) is 24.7. The first-order valence-electron chi connectivity index (χ1n) is 10.8. The summed E-state index contributed by atoms with van der Waals surface area (Å²) < 4.78 is 25.8. The third-order valence-electron chi connectivity index (χ3n) is 5.18. The van der Waals surface area contributed by atoms with Crippen LogP contribution in [-0.2, 0) is 16.6 Å². The monoisotopic (exact) mass is 474 g/mol. The van der Waals surface area contributed by atoms with Gasteiger partial charge >= 0.3 is 0 Å². The van der Waals surface area contributed by atoms with Gasteiger partial charge in [-0.3, -0.25) is 0 Å². The van der Waals surface area contributed by atoms with Gasteiger partial charge in [0.1, 0.15) is 0 Å². The molecular weight excluding hydrogens is 446 g/mol. The van der Waals surface area contributed by atoms with Gasteiger partial charge in [0.15, 0.2) is 12.8 Å². The van der Waals surface area contributed by atoms with E-state index in [4.69, 9.17) is 11.0 Å². The Kier molecular flexibility index (Phi) is 8.57. The van der Waals surface area contributed by atoms with Crippen molar-refractivity contribution in [3.05, 3.63) is 95.6 Å². The number of anilines is 1. The minimum Gasteiger partial charge on any atom is -0.398 e. The maximum atomic E-state index is 11.8. The number of allylic oxidation sites excluding steroid dienone is 1. The smallest absolute Gasteiger partial charge is 0.213 e. The Morgan fingerprint density at radius 3 is 2.59 bits per heavy atom. The zero-order valence-electron chi connectivity index (χ0n) is 19.0. The zero-order valence-corrected chi connectivity index (χ0v) is 19.8. The van der Waals surface area contributed by atoms with Gasteiger partial charge in [-0.15, -0.1) is 0 Å². The van der Waals surface area contributed by atoms with Crippen LogP contribution in [0.15, 0.2) is 78.9 Å². The molecule has 0 spiro atoms. The van der Waals surface area contributed by atoms with Crippen molar-refractivity contribution < 1.29 is 13.4 Å². The van der Waals surface area contributed by atoms with Crippen LogP contribution in [0.1, 0.15) is 16.7 Å². The molecule has 8 heteroatoms. The molecule has 3 rings (SSSR count). The number of nitriles is 1. The van der Waals surface area contributed by atoms with Gasteiger partial charge in [-0.2, -0.15) is 5.26 Å². The summed E-state index contributed by atoms with van der Waals surface area (Å²) in [5.74, 6) is -0.0531. The third-order valence-corrected chi connectivity index (χ3v) is 6.54. The second-order valence-electron chi connectivity index (χ2n) is 7.56. The van der Waals surface area contributed by atoms with Crippen LogP contribution in [0.25, 0.3) is 16.8 Å². The van der Waals surface area contributed by atoms with Gasteiger partial charge in [0, 0.05) is 35.1 Å². The molecule has 0 aliphatic rings. The van der Waals surface area contributed by atoms with Gasteiger partial charge in [-0.25, -0.2) is 18.1 Å². The molecule has 0 aromatic heterocycles. The number of nitrogens with one attached hydrogen (secondary N) is 3. The van der Waals surface area contributed by atoms with E-state index in [1.807, 2.05) is 66.7 Å². The highest BCUT2D eigenvalue weighted by molar-refractivity contribution is 7.89. The van der Waals surface area contributed by atoms with E-state index in [-0.39, 0.29) is 12.3 Å². The van der Waals surface area contributed by atoms with Crippen molar-refractivity contribution in [3.63, 3.8) is 0 Å². The summed E-state index contributed by atoms with van der Waals surface area (Å²) in [7, 11) is -1.92. The lowest BCUT2D eigenvalue weighted by Gasteiger charge is -2.14. The fourth-order valence-corrected chi connectivity index (χ4v) is 3.91. The SMILES string of the molecule is CNS(=O)(=O)CCNc1ccc(-c2ccccc2)cc1/C(N)=C/C=[NH+]Cc1cccc(C#N)c1. The first-order valence-corrected chi connectivity index (χ1v) is 12.4. The lowest BCUT2D eigenvalue weighted by atomic mass is 10.00. The summed E-state index contributed by atoms with van der Waals surface area (Å²) in [5, 5.41) is 12.2. The predicted octanol–water partition coefficient (Wildman–Crippen LogP) is 1.84. The van der Waals surface area contributed by atoms with Crippen molar-refractivity contribution >= 4 is 27.6 Å². The highest BCUT2D eigenvalue weighted by Gasteiger charge is 2.11. The fraction of sp³-hybridized carbons (Fsp3) is 0.154. The molecule has 7 nitrogen and oxygen atoms in total. The van der Waals surface area contributed by atoms with Crippen LogP contribution in [0.2, 0.25) is 0 Å². The van der Waals surface area contributed by atoms with Gasteiger partial charge < -0.3 is 11.1 Å². The molecule has 3 aromatic carbocycles. The standard InChI is InChI=1S/C26H27N5O2S/c1-29-34(32,33)15-14-31-26-11-10-23(22-8-3-2-4-9-22)17-24(26)25(28)12-13-30-19-21-7-5-6-20(16-21)18-27/h2-13,16-17,29,31H,14-15,19,28H2,1H3/p+1/b25-12-,30-13?. The lowest BCUT2D eigenvalue weighted by Crippen LogP contribution is -2.66. The van der Waals surface area contributed by atoms with Crippen LogP contribution < -0.4 is 20.8 Å². The molecule has 34 heavy (non-hydrogen) atoms. The van der Waals surface area contributed by atoms with E-state index in [0.29, 0.717) is 17.8 Å². The lowest BCUT2D eigenvalue weighted by molar-refractivity contribution is -0.469. The maximum absolute atomic E-state index is 11.8. The fourth-order valence-electron chi connectivity index (χ4n) is 3.34. The molecule has 5 N–H and O–H groups in total. The third kappa shape index (κ3) is 7.04. The number of sulfonamides is 1. The van der Waals surface area contributed by atoms with Crippen LogP contribution in [0.5, 0.6) is 0 Å². The molecule has 0 amide bonds. The minimum absolute atomic E-state index is 0.0531. The number of hydrogen-bond acceptors (Lipinski definition) is 5. The number of benzene rings is 3. The molecule has 0 bridgehead atoms. The summed E-state index contributed by atoms with van der Waals surface area (Å²) in [6, 6.07) is 25.3. The van der Waals surface area contributed by atoms with Crippen LogP contribution in [0.3, 0.4) is 0 Å². The van der Waals surface area contributed by atoms with Gasteiger partial charge in [0.25, 0.3) is 0 Å². The van der Waals surface area contributed by atoms with Crippen molar-refractivity contribution in [1.29, 1.82) is 5.26 Å². The van der Waals surface area contributed by atoms with Crippen LogP contribution in [-0.4, -0.2) is 34.0 Å². The number of hydrogen-bond donors (Lipinski definition) is 4. The van der Waals surface area contributed by atoms with Gasteiger partial charge in [-0.1, -0.05) is 48.5 Å². The summed E-state index contributed by atoms with van der Waals surface area (Å²) in [6.07, 6.45) is 3.53. The normalized spacial score (nSPS) is 11.9. The quantitative estimate of drug-likeness (QED) is 0.334. The van der Waals surface area contributed by atoms with E-state index in [9.17, 15) is 8.42 Å². The van der Waals surface area contributed by atoms with E-state index in [1.165, 1.54) is 7.05 Å². The molecule has 3 aromatic rings. The number of nitrogens with zero attached hydrogens (tertiary/aromatic N) is 1. The highest BCUT2D eigenvalue weighted by Crippen LogP contribution is 2.28. The largest absolute Gasteiger partial charge is 0.398 e. The number of nitrogens with two attached hydrogens (primary N) is 1. The van der Waals surface area contributed by atoms with Crippen molar-refractivity contribution in [2.45, 2.75) is 6.54 Å². The second kappa shape index (κ2) is 11.8. The summed E-state index contributed by atoms with van der Waals surface area (Å²) in [4.78, 5) is 3.19. The Labute approximate surface area is 200 Å². The Balaban J connectivity index is 1.83. The van der Waals surface area contributed by atoms with Crippen molar-refractivity contribution in [3.8, 4) is 17.2 Å². The van der Waals surface area contributed by atoms with Crippen molar-refractivity contribution in [2.75, 3.05) is 24.7 Å². The molecule has 174 valence electrons. The average molecular weight is 475 g/mol. The van der Waals surface area contributed by atoms with Crippen LogP contribution in [0, 0.1) is 11.3 Å². The molecule has 0 unspecified atom stereocenters. The van der Waals surface area contributed by atoms with E-state index >= 15 is 0 Å². The summed E-state index contributed by atoms with van der Waals surface area (Å²) >= 11 is 0. The van der Waals surface area contributed by atoms with Crippen molar-refractivity contribution in [2.24, 2.45) is 5.73 Å². The van der Waals surface area contributed by atoms with E-state index in [1.54, 1.807) is 18.4 Å². The Bertz CT molecular complexity index is 1330. The van der Waals surface area contributed by atoms with E-state index < -0.39 is 10.0 Å². The summed E-state index contributed by atoms with van der Waals surface area (Å²) in [5.41, 5.74) is 12.1. The van der Waals surface area contributed by atoms with Gasteiger partial charge in [-0.05, 0) is 42.4 Å². The molecule has 0 saturated carbocycles. The first-order chi connectivity index (χ1) is 16.4.